The molecule has 2 heterocycles. The molecule has 0 aliphatic heterocycles. The Morgan fingerprint density at radius 1 is 1.50 bits per heavy atom. The Morgan fingerprint density at radius 2 is 2.25 bits per heavy atom. The summed E-state index contributed by atoms with van der Waals surface area (Å²) in [6.07, 6.45) is 3.23. The third kappa shape index (κ3) is 1.60. The van der Waals surface area contributed by atoms with Crippen molar-refractivity contribution in [2.45, 2.75) is 6.92 Å². The minimum atomic E-state index is -1.11. The molecule has 16 heavy (non-hydrogen) atoms. The number of aryl methyl sites for hydroxylation is 1. The Balaban J connectivity index is 2.77. The highest BCUT2D eigenvalue weighted by Gasteiger charge is 2.17. The molecule has 2 rings (SSSR count). The lowest BCUT2D eigenvalue weighted by molar-refractivity contribution is 0.0696. The third-order valence-electron chi connectivity index (χ3n) is 2.20. The molecule has 6 nitrogen and oxygen atoms in total. The second kappa shape index (κ2) is 3.65. The van der Waals surface area contributed by atoms with Gasteiger partial charge in [0.15, 0.2) is 0 Å². The van der Waals surface area contributed by atoms with Crippen LogP contribution in [0.1, 0.15) is 16.1 Å². The number of carboxylic acid groups (broad SMARTS) is 1. The molecule has 2 aromatic rings. The van der Waals surface area contributed by atoms with E-state index >= 15 is 0 Å². The second-order valence-corrected chi connectivity index (χ2v) is 3.30. The number of hydrogen-bond donors (Lipinski definition) is 3. The van der Waals surface area contributed by atoms with Gasteiger partial charge in [-0.2, -0.15) is 4.98 Å². The van der Waals surface area contributed by atoms with Crippen molar-refractivity contribution in [3.05, 3.63) is 40.2 Å². The summed E-state index contributed by atoms with van der Waals surface area (Å²) in [5.74, 6) is -1.11. The van der Waals surface area contributed by atoms with Crippen LogP contribution >= 0.6 is 0 Å². The molecule has 3 N–H and O–H groups in total. The monoisotopic (exact) mass is 219 g/mol. The van der Waals surface area contributed by atoms with Gasteiger partial charge in [-0.3, -0.25) is 0 Å². The molecule has 0 spiro atoms. The predicted octanol–water partition coefficient (Wildman–Crippen LogP) is 0.772. The van der Waals surface area contributed by atoms with E-state index in [0.29, 0.717) is 11.3 Å². The number of hydrogen-bond acceptors (Lipinski definition) is 3. The maximum atomic E-state index is 11.2. The highest BCUT2D eigenvalue weighted by atomic mass is 16.4. The zero-order valence-corrected chi connectivity index (χ0v) is 8.44. The fourth-order valence-electron chi connectivity index (χ4n) is 1.53. The number of carbonyl (C=O) groups is 1. The summed E-state index contributed by atoms with van der Waals surface area (Å²) in [4.78, 5) is 31.1. The van der Waals surface area contributed by atoms with Gasteiger partial charge in [0, 0.05) is 23.7 Å². The highest BCUT2D eigenvalue weighted by molar-refractivity contribution is 5.95. The first kappa shape index (κ1) is 10.2. The van der Waals surface area contributed by atoms with Gasteiger partial charge >= 0.3 is 11.7 Å². The summed E-state index contributed by atoms with van der Waals surface area (Å²) in [7, 11) is 0. The number of H-pyrrole nitrogens is 2. The second-order valence-electron chi connectivity index (χ2n) is 3.30. The van der Waals surface area contributed by atoms with E-state index in [4.69, 9.17) is 5.11 Å². The molecule has 82 valence electrons. The van der Waals surface area contributed by atoms with E-state index in [0.717, 1.165) is 0 Å². The minimum absolute atomic E-state index is 0.0131. The van der Waals surface area contributed by atoms with Gasteiger partial charge in [-0.1, -0.05) is 0 Å². The first-order valence-corrected chi connectivity index (χ1v) is 4.57. The van der Waals surface area contributed by atoms with Crippen LogP contribution in [0.3, 0.4) is 0 Å². The lowest BCUT2D eigenvalue weighted by Crippen LogP contribution is -2.18. The molecule has 0 saturated carbocycles. The molecule has 0 aliphatic rings. The number of rotatable bonds is 2. The third-order valence-corrected chi connectivity index (χ3v) is 2.20. The molecular formula is C10H9N3O3. The minimum Gasteiger partial charge on any atom is -0.478 e. The van der Waals surface area contributed by atoms with Crippen molar-refractivity contribution in [3.63, 3.8) is 0 Å². The van der Waals surface area contributed by atoms with E-state index in [1.807, 2.05) is 0 Å². The van der Waals surface area contributed by atoms with Crippen molar-refractivity contribution in [3.8, 4) is 11.3 Å². The smallest absolute Gasteiger partial charge is 0.345 e. The zero-order valence-electron chi connectivity index (χ0n) is 8.44. The van der Waals surface area contributed by atoms with E-state index in [2.05, 4.69) is 15.0 Å². The van der Waals surface area contributed by atoms with Crippen molar-refractivity contribution in [2.24, 2.45) is 0 Å². The number of nitrogens with zero attached hydrogens (tertiary/aromatic N) is 1. The van der Waals surface area contributed by atoms with Crippen molar-refractivity contribution in [2.75, 3.05) is 0 Å². The number of nitrogens with one attached hydrogen (secondary N) is 2. The van der Waals surface area contributed by atoms with E-state index in [1.165, 1.54) is 6.92 Å². The maximum absolute atomic E-state index is 11.2. The quantitative estimate of drug-likeness (QED) is 0.694. The van der Waals surface area contributed by atoms with Crippen molar-refractivity contribution in [1.29, 1.82) is 0 Å². The van der Waals surface area contributed by atoms with Crippen molar-refractivity contribution < 1.29 is 9.90 Å². The summed E-state index contributed by atoms with van der Waals surface area (Å²) in [6.45, 7) is 1.53. The van der Waals surface area contributed by atoms with Crippen LogP contribution in [-0.4, -0.2) is 26.0 Å². The van der Waals surface area contributed by atoms with Crippen LogP contribution in [0.25, 0.3) is 11.3 Å². The first-order chi connectivity index (χ1) is 7.59. The Hall–Kier alpha value is -2.37. The van der Waals surface area contributed by atoms with Gasteiger partial charge in [0.25, 0.3) is 0 Å². The molecule has 6 heteroatoms. The Kier molecular flexibility index (Phi) is 2.32. The van der Waals surface area contributed by atoms with Gasteiger partial charge < -0.3 is 15.1 Å². The molecule has 0 saturated heterocycles. The van der Waals surface area contributed by atoms with E-state index in [9.17, 15) is 9.59 Å². The largest absolute Gasteiger partial charge is 0.478 e. The molecule has 0 unspecified atom stereocenters. The van der Waals surface area contributed by atoms with Crippen LogP contribution in [0.5, 0.6) is 0 Å². The van der Waals surface area contributed by atoms with Crippen LogP contribution in [0.15, 0.2) is 23.3 Å². The lowest BCUT2D eigenvalue weighted by Gasteiger charge is -2.05. The van der Waals surface area contributed by atoms with Gasteiger partial charge in [-0.05, 0) is 13.0 Å². The molecule has 0 atom stereocenters. The van der Waals surface area contributed by atoms with Crippen LogP contribution in [0.4, 0.5) is 0 Å². The topological polar surface area (TPSA) is 98.8 Å². The highest BCUT2D eigenvalue weighted by Crippen LogP contribution is 2.20. The van der Waals surface area contributed by atoms with E-state index in [-0.39, 0.29) is 11.3 Å². The van der Waals surface area contributed by atoms with Gasteiger partial charge in [0.2, 0.25) is 0 Å². The SMILES string of the molecule is Cc1[nH]c(=O)nc(-c2cc[nH]c2)c1C(=O)O. The average molecular weight is 219 g/mol. The van der Waals surface area contributed by atoms with Crippen LogP contribution in [0, 0.1) is 6.92 Å². The van der Waals surface area contributed by atoms with Crippen molar-refractivity contribution >= 4 is 5.97 Å². The Labute approximate surface area is 90.0 Å². The fraction of sp³-hybridized carbons (Fsp3) is 0.100. The summed E-state index contributed by atoms with van der Waals surface area (Å²) in [5.41, 5.74) is 0.503. The van der Waals surface area contributed by atoms with Crippen LogP contribution < -0.4 is 5.69 Å². The van der Waals surface area contributed by atoms with E-state index in [1.54, 1.807) is 18.5 Å². The van der Waals surface area contributed by atoms with Crippen LogP contribution in [-0.2, 0) is 0 Å². The molecule has 2 aromatic heterocycles. The van der Waals surface area contributed by atoms with Gasteiger partial charge in [-0.25, -0.2) is 9.59 Å². The van der Waals surface area contributed by atoms with Crippen molar-refractivity contribution in [1.82, 2.24) is 15.0 Å². The van der Waals surface area contributed by atoms with Crippen LogP contribution in [0.2, 0.25) is 0 Å². The number of aromatic carboxylic acids is 1. The summed E-state index contributed by atoms with van der Waals surface area (Å²) >= 11 is 0. The maximum Gasteiger partial charge on any atom is 0.345 e. The summed E-state index contributed by atoms with van der Waals surface area (Å²) in [5, 5.41) is 9.06. The normalized spacial score (nSPS) is 10.3. The first-order valence-electron chi connectivity index (χ1n) is 4.57. The molecule has 0 aromatic carbocycles. The number of carboxylic acids is 1. The Bertz CT molecular complexity index is 584. The summed E-state index contributed by atoms with van der Waals surface area (Å²) < 4.78 is 0. The van der Waals surface area contributed by atoms with Gasteiger partial charge in [0.05, 0.1) is 5.69 Å². The molecule has 0 radical (unpaired) electrons. The summed E-state index contributed by atoms with van der Waals surface area (Å²) in [6, 6.07) is 1.66. The average Bonchev–Trinajstić information content (AvgIpc) is 2.67. The molecule has 0 fully saturated rings. The predicted molar refractivity (Wildman–Crippen MR) is 56.3 cm³/mol. The number of aromatic nitrogens is 3. The van der Waals surface area contributed by atoms with E-state index < -0.39 is 11.7 Å². The number of aromatic amines is 2. The lowest BCUT2D eigenvalue weighted by atomic mass is 10.1. The molecule has 0 bridgehead atoms. The standard InChI is InChI=1S/C10H9N3O3/c1-5-7(9(14)15)8(13-10(16)12-5)6-2-3-11-4-6/h2-4,11H,1H3,(H,14,15)(H,12,13,16). The fourth-order valence-corrected chi connectivity index (χ4v) is 1.53. The Morgan fingerprint density at radius 3 is 2.81 bits per heavy atom. The van der Waals surface area contributed by atoms with Gasteiger partial charge in [-0.15, -0.1) is 0 Å². The molecule has 0 aliphatic carbocycles. The van der Waals surface area contributed by atoms with Gasteiger partial charge in [0.1, 0.15) is 5.56 Å². The zero-order chi connectivity index (χ0) is 11.7. The molecular weight excluding hydrogens is 210 g/mol. The molecule has 0 amide bonds.